The van der Waals surface area contributed by atoms with Gasteiger partial charge in [0.15, 0.2) is 0 Å². The zero-order valence-corrected chi connectivity index (χ0v) is 16.7. The second-order valence-electron chi connectivity index (χ2n) is 9.90. The summed E-state index contributed by atoms with van der Waals surface area (Å²) in [4.78, 5) is 0. The first-order chi connectivity index (χ1) is 12.0. The van der Waals surface area contributed by atoms with Gasteiger partial charge in [0.1, 0.15) is 0 Å². The Bertz CT molecular complexity index is 403. The fraction of sp³-hybridized carbons (Fsp3) is 1.00. The molecule has 4 aliphatic carbocycles. The van der Waals surface area contributed by atoms with Gasteiger partial charge in [0.05, 0.1) is 0 Å². The van der Waals surface area contributed by atoms with Crippen molar-refractivity contribution in [1.82, 2.24) is 0 Å². The van der Waals surface area contributed by atoms with Crippen LogP contribution in [0.1, 0.15) is 117 Å². The summed E-state index contributed by atoms with van der Waals surface area (Å²) in [6.45, 7) is 4.39. The van der Waals surface area contributed by atoms with Crippen LogP contribution in [0.15, 0.2) is 0 Å². The summed E-state index contributed by atoms with van der Waals surface area (Å²) >= 11 is 0. The highest BCUT2D eigenvalue weighted by molar-refractivity contribution is 5.04. The van der Waals surface area contributed by atoms with Crippen LogP contribution >= 0.6 is 0 Å². The molecule has 4 aliphatic rings. The Labute approximate surface area is 154 Å². The van der Waals surface area contributed by atoms with Crippen LogP contribution in [0.3, 0.4) is 0 Å². The van der Waals surface area contributed by atoms with E-state index in [1.807, 2.05) is 0 Å². The van der Waals surface area contributed by atoms with Crippen LogP contribution in [0.25, 0.3) is 0 Å². The molecule has 0 nitrogen and oxygen atoms in total. The summed E-state index contributed by atoms with van der Waals surface area (Å²) in [5.41, 5.74) is 0.878. The highest BCUT2D eigenvalue weighted by Crippen LogP contribution is 2.64. The van der Waals surface area contributed by atoms with Crippen LogP contribution in [0.4, 0.5) is 8.78 Å². The molecule has 0 saturated heterocycles. The summed E-state index contributed by atoms with van der Waals surface area (Å²) in [7, 11) is 0. The SMILES string of the molecule is CCCCCC12CCC([C@H]3CC[C@H](CCCC)C(F)(F)C3)(CC1)CC2. The minimum Gasteiger partial charge on any atom is -0.207 e. The Kier molecular flexibility index (Phi) is 6.16. The van der Waals surface area contributed by atoms with Crippen molar-refractivity contribution in [2.75, 3.05) is 0 Å². The average Bonchev–Trinajstić information content (AvgIpc) is 2.62. The molecule has 0 aromatic carbocycles. The maximum absolute atomic E-state index is 14.8. The van der Waals surface area contributed by atoms with E-state index in [1.165, 1.54) is 64.2 Å². The topological polar surface area (TPSA) is 0 Å². The molecular weight excluding hydrogens is 314 g/mol. The molecule has 0 N–H and O–H groups in total. The number of alkyl halides is 2. The number of hydrogen-bond donors (Lipinski definition) is 0. The lowest BCUT2D eigenvalue weighted by Gasteiger charge is -2.58. The molecule has 146 valence electrons. The second-order valence-corrected chi connectivity index (χ2v) is 9.90. The lowest BCUT2D eigenvalue weighted by molar-refractivity contribution is -0.148. The number of fused-ring (bicyclic) bond motifs is 3. The molecule has 4 rings (SSSR count). The van der Waals surface area contributed by atoms with Gasteiger partial charge in [-0.15, -0.1) is 0 Å². The van der Waals surface area contributed by atoms with E-state index in [0.717, 1.165) is 32.1 Å². The average molecular weight is 355 g/mol. The van der Waals surface area contributed by atoms with Crippen molar-refractivity contribution in [3.05, 3.63) is 0 Å². The maximum atomic E-state index is 14.8. The van der Waals surface area contributed by atoms with E-state index in [0.29, 0.717) is 11.3 Å². The third-order valence-electron chi connectivity index (χ3n) is 8.52. The van der Waals surface area contributed by atoms with Crippen LogP contribution in [0.5, 0.6) is 0 Å². The Morgan fingerprint density at radius 2 is 1.44 bits per heavy atom. The van der Waals surface area contributed by atoms with Crippen molar-refractivity contribution >= 4 is 0 Å². The van der Waals surface area contributed by atoms with Gasteiger partial charge in [0, 0.05) is 12.3 Å². The van der Waals surface area contributed by atoms with Gasteiger partial charge in [-0.3, -0.25) is 0 Å². The van der Waals surface area contributed by atoms with E-state index in [-0.39, 0.29) is 17.8 Å². The molecule has 0 spiro atoms. The third kappa shape index (κ3) is 4.08. The third-order valence-corrected chi connectivity index (χ3v) is 8.52. The van der Waals surface area contributed by atoms with Gasteiger partial charge in [-0.05, 0) is 81.0 Å². The fourth-order valence-electron chi connectivity index (χ4n) is 6.57. The lowest BCUT2D eigenvalue weighted by Crippen LogP contribution is -2.49. The smallest absolute Gasteiger partial charge is 0.207 e. The van der Waals surface area contributed by atoms with Gasteiger partial charge in [-0.1, -0.05) is 46.0 Å². The number of rotatable bonds is 8. The molecule has 2 heteroatoms. The molecule has 2 atom stereocenters. The fourth-order valence-corrected chi connectivity index (χ4v) is 6.57. The molecule has 2 bridgehead atoms. The molecule has 0 aliphatic heterocycles. The zero-order valence-electron chi connectivity index (χ0n) is 16.7. The molecule has 0 amide bonds. The Balaban J connectivity index is 1.57. The Morgan fingerprint density at radius 1 is 0.800 bits per heavy atom. The Hall–Kier alpha value is -0.140. The molecule has 4 fully saturated rings. The molecule has 0 radical (unpaired) electrons. The molecule has 0 aromatic heterocycles. The van der Waals surface area contributed by atoms with E-state index in [2.05, 4.69) is 13.8 Å². The highest BCUT2D eigenvalue weighted by Gasteiger charge is 2.55. The zero-order chi connectivity index (χ0) is 18.0. The second kappa shape index (κ2) is 7.85. The van der Waals surface area contributed by atoms with Crippen LogP contribution < -0.4 is 0 Å². The summed E-state index contributed by atoms with van der Waals surface area (Å²) in [6, 6.07) is 0. The van der Waals surface area contributed by atoms with Crippen molar-refractivity contribution in [3.8, 4) is 0 Å². The molecule has 0 aromatic rings. The van der Waals surface area contributed by atoms with E-state index >= 15 is 0 Å². The minimum atomic E-state index is -2.40. The first-order valence-corrected chi connectivity index (χ1v) is 11.3. The van der Waals surface area contributed by atoms with Crippen molar-refractivity contribution in [2.24, 2.45) is 22.7 Å². The van der Waals surface area contributed by atoms with Crippen molar-refractivity contribution < 1.29 is 8.78 Å². The molecular formula is C23H40F2. The Morgan fingerprint density at radius 3 is 2.00 bits per heavy atom. The summed E-state index contributed by atoms with van der Waals surface area (Å²) in [5, 5.41) is 0. The van der Waals surface area contributed by atoms with Gasteiger partial charge in [-0.25, -0.2) is 8.78 Å². The first-order valence-electron chi connectivity index (χ1n) is 11.3. The molecule has 0 unspecified atom stereocenters. The predicted molar refractivity (Wildman–Crippen MR) is 102 cm³/mol. The van der Waals surface area contributed by atoms with E-state index in [4.69, 9.17) is 0 Å². The van der Waals surface area contributed by atoms with Crippen molar-refractivity contribution in [1.29, 1.82) is 0 Å². The van der Waals surface area contributed by atoms with Crippen LogP contribution in [-0.2, 0) is 0 Å². The summed E-state index contributed by atoms with van der Waals surface area (Å²) < 4.78 is 29.6. The van der Waals surface area contributed by atoms with E-state index in [1.54, 1.807) is 0 Å². The first kappa shape index (κ1) is 19.6. The van der Waals surface area contributed by atoms with Crippen LogP contribution in [0, 0.1) is 22.7 Å². The minimum absolute atomic E-state index is 0.199. The predicted octanol–water partition coefficient (Wildman–Crippen LogP) is 8.15. The highest BCUT2D eigenvalue weighted by atomic mass is 19.3. The summed E-state index contributed by atoms with van der Waals surface area (Å²) in [5.74, 6) is -2.44. The quantitative estimate of drug-likeness (QED) is 0.386. The van der Waals surface area contributed by atoms with E-state index < -0.39 is 5.92 Å². The molecule has 4 saturated carbocycles. The monoisotopic (exact) mass is 354 g/mol. The number of hydrogen-bond acceptors (Lipinski definition) is 0. The summed E-state index contributed by atoms with van der Waals surface area (Å²) in [6.07, 6.45) is 18.0. The van der Waals surface area contributed by atoms with Gasteiger partial charge in [0.25, 0.3) is 5.92 Å². The van der Waals surface area contributed by atoms with E-state index in [9.17, 15) is 8.78 Å². The number of unbranched alkanes of at least 4 members (excludes halogenated alkanes) is 3. The van der Waals surface area contributed by atoms with Gasteiger partial charge >= 0.3 is 0 Å². The van der Waals surface area contributed by atoms with Gasteiger partial charge in [0.2, 0.25) is 0 Å². The van der Waals surface area contributed by atoms with Gasteiger partial charge in [-0.2, -0.15) is 0 Å². The molecule has 25 heavy (non-hydrogen) atoms. The standard InChI is InChI=1S/C23H40F2/c1-3-5-7-11-21-12-15-22(16-13-21,17-14-21)20-10-9-19(8-6-4-2)23(24,25)18-20/h19-20H,3-18H2,1-2H3/t19-,20-,21?,22?/m0/s1. The van der Waals surface area contributed by atoms with Crippen molar-refractivity contribution in [2.45, 2.75) is 123 Å². The lowest BCUT2D eigenvalue weighted by atomic mass is 9.47. The maximum Gasteiger partial charge on any atom is 0.251 e. The van der Waals surface area contributed by atoms with Crippen LogP contribution in [0.2, 0.25) is 0 Å². The number of halogens is 2. The van der Waals surface area contributed by atoms with Gasteiger partial charge < -0.3 is 0 Å². The van der Waals surface area contributed by atoms with Crippen molar-refractivity contribution in [3.63, 3.8) is 0 Å². The largest absolute Gasteiger partial charge is 0.251 e. The molecule has 0 heterocycles. The van der Waals surface area contributed by atoms with Crippen LogP contribution in [-0.4, -0.2) is 5.92 Å². The normalized spacial score (nSPS) is 40.3.